The summed E-state index contributed by atoms with van der Waals surface area (Å²) in [6, 6.07) is 17.5. The Morgan fingerprint density at radius 2 is 1.71 bits per heavy atom. The van der Waals surface area contributed by atoms with E-state index in [2.05, 4.69) is 26.1 Å². The van der Waals surface area contributed by atoms with Crippen LogP contribution in [0, 0.1) is 6.92 Å². The first kappa shape index (κ1) is 17.0. The van der Waals surface area contributed by atoms with Crippen molar-refractivity contribution in [2.75, 3.05) is 0 Å². The maximum absolute atomic E-state index is 9.97. The van der Waals surface area contributed by atoms with Crippen molar-refractivity contribution in [2.24, 2.45) is 0 Å². The van der Waals surface area contributed by atoms with Gasteiger partial charge in [-0.25, -0.2) is 9.67 Å². The molecular formula is C20H15BrN6O. The lowest BCUT2D eigenvalue weighted by Crippen LogP contribution is -2.02. The number of hydrogen-bond acceptors (Lipinski definition) is 5. The van der Waals surface area contributed by atoms with Gasteiger partial charge >= 0.3 is 0 Å². The third kappa shape index (κ3) is 2.45. The van der Waals surface area contributed by atoms with Crippen LogP contribution in [0.5, 0.6) is 0 Å². The number of rotatable bonds is 3. The molecule has 0 spiro atoms. The van der Waals surface area contributed by atoms with Crippen LogP contribution in [-0.2, 0) is 6.61 Å². The summed E-state index contributed by atoms with van der Waals surface area (Å²) in [5, 5.41) is 23.3. The zero-order valence-corrected chi connectivity index (χ0v) is 16.5. The predicted molar refractivity (Wildman–Crippen MR) is 109 cm³/mol. The van der Waals surface area contributed by atoms with Gasteiger partial charge in [0.15, 0.2) is 5.65 Å². The summed E-state index contributed by atoms with van der Waals surface area (Å²) >= 11 is 3.61. The molecule has 28 heavy (non-hydrogen) atoms. The van der Waals surface area contributed by atoms with Crippen LogP contribution >= 0.6 is 15.9 Å². The van der Waals surface area contributed by atoms with Gasteiger partial charge in [-0.1, -0.05) is 30.3 Å². The molecule has 0 saturated carbocycles. The van der Waals surface area contributed by atoms with Crippen molar-refractivity contribution in [3.8, 4) is 17.1 Å². The van der Waals surface area contributed by atoms with E-state index in [0.29, 0.717) is 27.2 Å². The molecule has 3 heterocycles. The van der Waals surface area contributed by atoms with E-state index in [1.165, 1.54) is 0 Å². The zero-order valence-electron chi connectivity index (χ0n) is 14.9. The second-order valence-electron chi connectivity index (χ2n) is 6.37. The minimum atomic E-state index is -0.169. The quantitative estimate of drug-likeness (QED) is 0.468. The van der Waals surface area contributed by atoms with Crippen LogP contribution in [0.15, 0.2) is 59.1 Å². The molecule has 0 bridgehead atoms. The van der Waals surface area contributed by atoms with E-state index in [1.54, 1.807) is 4.68 Å². The summed E-state index contributed by atoms with van der Waals surface area (Å²) in [4.78, 5) is 4.82. The number of aliphatic hydroxyl groups is 1. The molecule has 0 unspecified atom stereocenters. The molecule has 1 N–H and O–H groups in total. The minimum absolute atomic E-state index is 0.169. The molecule has 0 fully saturated rings. The summed E-state index contributed by atoms with van der Waals surface area (Å²) in [6.07, 6.45) is 0. The average molecular weight is 435 g/mol. The van der Waals surface area contributed by atoms with Gasteiger partial charge in [-0.3, -0.25) is 4.40 Å². The van der Waals surface area contributed by atoms with Crippen LogP contribution in [0.2, 0.25) is 0 Å². The summed E-state index contributed by atoms with van der Waals surface area (Å²) in [5.74, 6) is 0.774. The van der Waals surface area contributed by atoms with Crippen LogP contribution in [0.1, 0.15) is 11.5 Å². The van der Waals surface area contributed by atoms with Gasteiger partial charge in [0.1, 0.15) is 17.2 Å². The molecule has 0 aliphatic carbocycles. The predicted octanol–water partition coefficient (Wildman–Crippen LogP) is 3.69. The van der Waals surface area contributed by atoms with Gasteiger partial charge in [-0.05, 0) is 47.1 Å². The Bertz CT molecular complexity index is 1330. The molecule has 8 heteroatoms. The number of fused-ring (bicyclic) bond motifs is 3. The Labute approximate surface area is 168 Å². The summed E-state index contributed by atoms with van der Waals surface area (Å²) in [5.41, 5.74) is 5.09. The lowest BCUT2D eigenvalue weighted by atomic mass is 10.2. The second kappa shape index (κ2) is 6.50. The van der Waals surface area contributed by atoms with E-state index in [1.807, 2.05) is 65.9 Å². The number of para-hydroxylation sites is 3. The molecule has 5 rings (SSSR count). The van der Waals surface area contributed by atoms with Gasteiger partial charge in [-0.15, -0.1) is 10.2 Å². The fourth-order valence-corrected chi connectivity index (χ4v) is 3.95. The first-order valence-corrected chi connectivity index (χ1v) is 9.53. The first-order chi connectivity index (χ1) is 13.7. The van der Waals surface area contributed by atoms with E-state index in [-0.39, 0.29) is 6.61 Å². The van der Waals surface area contributed by atoms with E-state index >= 15 is 0 Å². The number of nitrogens with zero attached hydrogens (tertiary/aromatic N) is 6. The van der Waals surface area contributed by atoms with E-state index < -0.39 is 0 Å². The van der Waals surface area contributed by atoms with E-state index in [4.69, 9.17) is 10.1 Å². The highest BCUT2D eigenvalue weighted by Crippen LogP contribution is 2.34. The number of benzene rings is 2. The standard InChI is InChI=1S/C20H15BrN6O/c1-12-23-24-20-19(22-14-9-5-6-10-15(14)26(12)20)18-17(21)16(11-28)27(25-18)13-7-3-2-4-8-13/h2-10,28H,11H2,1H3. The minimum Gasteiger partial charge on any atom is -0.390 e. The van der Waals surface area contributed by atoms with E-state index in [0.717, 1.165) is 22.5 Å². The van der Waals surface area contributed by atoms with Crippen molar-refractivity contribution in [1.82, 2.24) is 29.4 Å². The monoisotopic (exact) mass is 434 g/mol. The SMILES string of the molecule is Cc1nnc2c(-c3nn(-c4ccccc4)c(CO)c3Br)nc3ccccc3n12. The Kier molecular flexibility index (Phi) is 3.96. The van der Waals surface area contributed by atoms with Crippen LogP contribution < -0.4 is 0 Å². The fourth-order valence-electron chi connectivity index (χ4n) is 3.39. The molecule has 0 saturated heterocycles. The lowest BCUT2D eigenvalue weighted by Gasteiger charge is -2.06. The highest BCUT2D eigenvalue weighted by atomic mass is 79.9. The topological polar surface area (TPSA) is 81.1 Å². The second-order valence-corrected chi connectivity index (χ2v) is 7.16. The van der Waals surface area contributed by atoms with Crippen molar-refractivity contribution >= 4 is 32.6 Å². The van der Waals surface area contributed by atoms with Crippen LogP contribution in [0.3, 0.4) is 0 Å². The number of aliphatic hydroxyl groups excluding tert-OH is 1. The summed E-state index contributed by atoms with van der Waals surface area (Å²) in [7, 11) is 0. The van der Waals surface area contributed by atoms with Gasteiger partial charge in [0, 0.05) is 0 Å². The molecular weight excluding hydrogens is 420 g/mol. The van der Waals surface area contributed by atoms with Crippen LogP contribution in [0.4, 0.5) is 0 Å². The van der Waals surface area contributed by atoms with Crippen molar-refractivity contribution in [3.05, 3.63) is 70.6 Å². The Hall–Kier alpha value is -3.10. The first-order valence-electron chi connectivity index (χ1n) is 8.73. The Morgan fingerprint density at radius 1 is 0.964 bits per heavy atom. The highest BCUT2D eigenvalue weighted by molar-refractivity contribution is 9.10. The number of hydrogen-bond donors (Lipinski definition) is 1. The van der Waals surface area contributed by atoms with Crippen LogP contribution in [-0.4, -0.2) is 34.5 Å². The molecule has 0 atom stereocenters. The fraction of sp³-hybridized carbons (Fsp3) is 0.100. The van der Waals surface area contributed by atoms with Crippen molar-refractivity contribution < 1.29 is 5.11 Å². The van der Waals surface area contributed by atoms with Crippen molar-refractivity contribution in [2.45, 2.75) is 13.5 Å². The molecule has 7 nitrogen and oxygen atoms in total. The molecule has 0 radical (unpaired) electrons. The summed E-state index contributed by atoms with van der Waals surface area (Å²) < 4.78 is 4.38. The van der Waals surface area contributed by atoms with Gasteiger partial charge in [-0.2, -0.15) is 5.10 Å². The largest absolute Gasteiger partial charge is 0.390 e. The Morgan fingerprint density at radius 3 is 2.50 bits per heavy atom. The average Bonchev–Trinajstić information content (AvgIpc) is 3.28. The number of aryl methyl sites for hydroxylation is 1. The number of aromatic nitrogens is 6. The lowest BCUT2D eigenvalue weighted by molar-refractivity contribution is 0.272. The van der Waals surface area contributed by atoms with Crippen molar-refractivity contribution in [3.63, 3.8) is 0 Å². The molecule has 0 aliphatic heterocycles. The normalized spacial score (nSPS) is 11.5. The third-order valence-corrected chi connectivity index (χ3v) is 5.52. The number of halogens is 1. The molecule has 3 aromatic heterocycles. The molecule has 5 aromatic rings. The van der Waals surface area contributed by atoms with E-state index in [9.17, 15) is 5.11 Å². The zero-order chi connectivity index (χ0) is 19.3. The third-order valence-electron chi connectivity index (χ3n) is 4.68. The van der Waals surface area contributed by atoms with Crippen LogP contribution in [0.25, 0.3) is 33.8 Å². The maximum Gasteiger partial charge on any atom is 0.189 e. The van der Waals surface area contributed by atoms with Gasteiger partial charge < -0.3 is 5.11 Å². The summed E-state index contributed by atoms with van der Waals surface area (Å²) in [6.45, 7) is 1.74. The molecule has 2 aromatic carbocycles. The van der Waals surface area contributed by atoms with Crippen molar-refractivity contribution in [1.29, 1.82) is 0 Å². The molecule has 0 aliphatic rings. The van der Waals surface area contributed by atoms with Gasteiger partial charge in [0.05, 0.1) is 33.5 Å². The highest BCUT2D eigenvalue weighted by Gasteiger charge is 2.23. The van der Waals surface area contributed by atoms with Gasteiger partial charge in [0.2, 0.25) is 0 Å². The smallest absolute Gasteiger partial charge is 0.189 e. The maximum atomic E-state index is 9.97. The molecule has 138 valence electrons. The van der Waals surface area contributed by atoms with Gasteiger partial charge in [0.25, 0.3) is 0 Å². The Balaban J connectivity index is 1.85. The molecule has 0 amide bonds.